The van der Waals surface area contributed by atoms with Crippen LogP contribution in [0.2, 0.25) is 0 Å². The molecule has 0 bridgehead atoms. The van der Waals surface area contributed by atoms with Gasteiger partial charge in [0.2, 0.25) is 0 Å². The van der Waals surface area contributed by atoms with E-state index in [0.29, 0.717) is 12.1 Å². The van der Waals surface area contributed by atoms with E-state index in [0.717, 1.165) is 42.2 Å². The summed E-state index contributed by atoms with van der Waals surface area (Å²) in [5.41, 5.74) is 3.49. The molecular weight excluding hydrogens is 334 g/mol. The van der Waals surface area contributed by atoms with Crippen molar-refractivity contribution in [3.63, 3.8) is 0 Å². The summed E-state index contributed by atoms with van der Waals surface area (Å²) in [5, 5.41) is 15.7. The monoisotopic (exact) mass is 359 g/mol. The number of aliphatic carboxylic acids is 1. The third kappa shape index (κ3) is 4.66. The number of carboxylic acid groups (broad SMARTS) is 1. The maximum atomic E-state index is 10.9. The van der Waals surface area contributed by atoms with Crippen LogP contribution in [0.1, 0.15) is 31.0 Å². The third-order valence-corrected chi connectivity index (χ3v) is 5.74. The smallest absolute Gasteiger partial charge is 0.317 e. The molecule has 134 valence electrons. The Morgan fingerprint density at radius 2 is 2.08 bits per heavy atom. The number of aryl methyl sites for hydroxylation is 1. The van der Waals surface area contributed by atoms with E-state index in [1.165, 1.54) is 5.56 Å². The summed E-state index contributed by atoms with van der Waals surface area (Å²) < 4.78 is 0. The number of carboxylic acids is 1. The van der Waals surface area contributed by atoms with Gasteiger partial charge in [-0.2, -0.15) is 0 Å². The first-order valence-corrected chi connectivity index (χ1v) is 9.63. The molecule has 0 amide bonds. The van der Waals surface area contributed by atoms with E-state index in [-0.39, 0.29) is 6.54 Å². The molecule has 1 aromatic carbocycles. The van der Waals surface area contributed by atoms with E-state index in [1.807, 2.05) is 11.8 Å². The average molecular weight is 359 g/mol. The van der Waals surface area contributed by atoms with Crippen molar-refractivity contribution in [3.8, 4) is 10.6 Å². The van der Waals surface area contributed by atoms with Crippen LogP contribution in [-0.4, -0.2) is 46.1 Å². The van der Waals surface area contributed by atoms with Gasteiger partial charge in [-0.1, -0.05) is 36.8 Å². The highest BCUT2D eigenvalue weighted by atomic mass is 32.1. The minimum atomic E-state index is -0.746. The van der Waals surface area contributed by atoms with Crippen LogP contribution in [0, 0.1) is 6.92 Å². The molecule has 0 radical (unpaired) electrons. The molecular formula is C19H25N3O2S. The Morgan fingerprint density at radius 1 is 1.36 bits per heavy atom. The van der Waals surface area contributed by atoms with Crippen molar-refractivity contribution in [1.82, 2.24) is 15.2 Å². The van der Waals surface area contributed by atoms with Gasteiger partial charge >= 0.3 is 5.97 Å². The molecule has 1 aliphatic rings. The van der Waals surface area contributed by atoms with Crippen LogP contribution in [0.4, 0.5) is 0 Å². The van der Waals surface area contributed by atoms with Gasteiger partial charge < -0.3 is 10.4 Å². The lowest BCUT2D eigenvalue weighted by molar-refractivity contribution is -0.139. The quantitative estimate of drug-likeness (QED) is 0.758. The molecule has 2 aromatic rings. The average Bonchev–Trinajstić information content (AvgIpc) is 3.01. The Kier molecular flexibility index (Phi) is 5.83. The number of carbonyl (C=O) groups is 1. The molecule has 0 spiro atoms. The number of thiazole rings is 1. The Labute approximate surface area is 152 Å². The van der Waals surface area contributed by atoms with Gasteiger partial charge in [0.15, 0.2) is 0 Å². The highest BCUT2D eigenvalue weighted by Crippen LogP contribution is 2.27. The number of hydrogen-bond acceptors (Lipinski definition) is 5. The van der Waals surface area contributed by atoms with Crippen molar-refractivity contribution < 1.29 is 9.90 Å². The van der Waals surface area contributed by atoms with Crippen molar-refractivity contribution in [2.45, 2.75) is 45.3 Å². The van der Waals surface area contributed by atoms with Gasteiger partial charge in [-0.05, 0) is 26.3 Å². The molecule has 0 aliphatic heterocycles. The molecule has 2 N–H and O–H groups in total. The molecule has 5 nitrogen and oxygen atoms in total. The fraction of sp³-hybridized carbons (Fsp3) is 0.474. The van der Waals surface area contributed by atoms with Gasteiger partial charge in [0.25, 0.3) is 0 Å². The fourth-order valence-electron chi connectivity index (χ4n) is 3.19. The molecule has 3 rings (SSSR count). The summed E-state index contributed by atoms with van der Waals surface area (Å²) in [7, 11) is 0. The molecule has 1 heterocycles. The lowest BCUT2D eigenvalue weighted by Crippen LogP contribution is -2.53. The Balaban J connectivity index is 1.46. The first-order chi connectivity index (χ1) is 12.0. The number of likely N-dealkylation sites (N-methyl/N-ethyl adjacent to an activating group) is 1. The highest BCUT2D eigenvalue weighted by Gasteiger charge is 2.33. The van der Waals surface area contributed by atoms with Gasteiger partial charge in [0, 0.05) is 29.6 Å². The van der Waals surface area contributed by atoms with E-state index in [4.69, 9.17) is 10.1 Å². The summed E-state index contributed by atoms with van der Waals surface area (Å²) in [6, 6.07) is 9.29. The lowest BCUT2D eigenvalue weighted by atomic mass is 9.85. The van der Waals surface area contributed by atoms with Crippen LogP contribution in [-0.2, 0) is 11.3 Å². The first-order valence-electron chi connectivity index (χ1n) is 8.75. The number of rotatable bonds is 8. The van der Waals surface area contributed by atoms with Crippen molar-refractivity contribution in [3.05, 3.63) is 40.9 Å². The van der Waals surface area contributed by atoms with Gasteiger partial charge in [0.1, 0.15) is 5.01 Å². The summed E-state index contributed by atoms with van der Waals surface area (Å²) in [6.45, 7) is 5.80. The van der Waals surface area contributed by atoms with Crippen LogP contribution in [0.25, 0.3) is 10.6 Å². The summed E-state index contributed by atoms with van der Waals surface area (Å²) >= 11 is 1.68. The maximum Gasteiger partial charge on any atom is 0.317 e. The summed E-state index contributed by atoms with van der Waals surface area (Å²) in [5.74, 6) is -0.746. The number of hydrogen-bond donors (Lipinski definition) is 2. The second-order valence-corrected chi connectivity index (χ2v) is 7.53. The number of benzene rings is 1. The normalized spacial score (nSPS) is 19.8. The SMILES string of the molecule is CCN(CC(=O)O)C1CC(NCc2csc(-c3ccc(C)cc3)n2)C1. The zero-order valence-electron chi connectivity index (χ0n) is 14.7. The Hall–Kier alpha value is -1.76. The molecule has 1 saturated carbocycles. The van der Waals surface area contributed by atoms with Crippen molar-refractivity contribution in [2.24, 2.45) is 0 Å². The molecule has 0 unspecified atom stereocenters. The second-order valence-electron chi connectivity index (χ2n) is 6.67. The van der Waals surface area contributed by atoms with Crippen LogP contribution in [0.3, 0.4) is 0 Å². The first kappa shape index (κ1) is 18.0. The molecule has 0 atom stereocenters. The third-order valence-electron chi connectivity index (χ3n) is 4.80. The largest absolute Gasteiger partial charge is 0.480 e. The van der Waals surface area contributed by atoms with Crippen molar-refractivity contribution in [1.29, 1.82) is 0 Å². The van der Waals surface area contributed by atoms with E-state index in [1.54, 1.807) is 11.3 Å². The van der Waals surface area contributed by atoms with E-state index >= 15 is 0 Å². The maximum absolute atomic E-state index is 10.9. The Bertz CT molecular complexity index is 708. The molecule has 1 aromatic heterocycles. The van der Waals surface area contributed by atoms with Gasteiger partial charge in [-0.3, -0.25) is 9.69 Å². The van der Waals surface area contributed by atoms with Crippen LogP contribution in [0.15, 0.2) is 29.6 Å². The topological polar surface area (TPSA) is 65.5 Å². The van der Waals surface area contributed by atoms with E-state index < -0.39 is 5.97 Å². The molecule has 1 fully saturated rings. The predicted octanol–water partition coefficient (Wildman–Crippen LogP) is 3.15. The summed E-state index contributed by atoms with van der Waals surface area (Å²) in [4.78, 5) is 17.6. The van der Waals surface area contributed by atoms with Gasteiger partial charge in [0.05, 0.1) is 12.2 Å². The molecule has 0 saturated heterocycles. The second kappa shape index (κ2) is 8.08. The van der Waals surface area contributed by atoms with Crippen molar-refractivity contribution in [2.75, 3.05) is 13.1 Å². The fourth-order valence-corrected chi connectivity index (χ4v) is 4.02. The van der Waals surface area contributed by atoms with Gasteiger partial charge in [-0.25, -0.2) is 4.98 Å². The number of nitrogens with zero attached hydrogens (tertiary/aromatic N) is 2. The molecule has 6 heteroatoms. The van der Waals surface area contributed by atoms with Gasteiger partial charge in [-0.15, -0.1) is 11.3 Å². The van der Waals surface area contributed by atoms with Crippen LogP contribution < -0.4 is 5.32 Å². The van der Waals surface area contributed by atoms with E-state index in [9.17, 15) is 4.79 Å². The minimum absolute atomic E-state index is 0.139. The number of aromatic nitrogens is 1. The van der Waals surface area contributed by atoms with Crippen LogP contribution in [0.5, 0.6) is 0 Å². The zero-order chi connectivity index (χ0) is 17.8. The standard InChI is InChI=1S/C19H25N3O2S/c1-3-22(11-18(23)24)17-8-15(9-17)20-10-16-12-25-19(21-16)14-6-4-13(2)5-7-14/h4-7,12,15,17,20H,3,8-11H2,1-2H3,(H,23,24). The highest BCUT2D eigenvalue weighted by molar-refractivity contribution is 7.13. The zero-order valence-corrected chi connectivity index (χ0v) is 15.6. The lowest BCUT2D eigenvalue weighted by Gasteiger charge is -2.42. The molecule has 1 aliphatic carbocycles. The van der Waals surface area contributed by atoms with Crippen molar-refractivity contribution >= 4 is 17.3 Å². The predicted molar refractivity (Wildman–Crippen MR) is 101 cm³/mol. The summed E-state index contributed by atoms with van der Waals surface area (Å²) in [6.07, 6.45) is 2.02. The molecule has 25 heavy (non-hydrogen) atoms. The van der Waals surface area contributed by atoms with E-state index in [2.05, 4.69) is 41.9 Å². The van der Waals surface area contributed by atoms with Crippen LogP contribution >= 0.6 is 11.3 Å². The Morgan fingerprint density at radius 3 is 2.72 bits per heavy atom. The minimum Gasteiger partial charge on any atom is -0.480 e. The number of nitrogens with one attached hydrogen (secondary N) is 1.